The zero-order valence-corrected chi connectivity index (χ0v) is 14.9. The van der Waals surface area contributed by atoms with Crippen LogP contribution in [0.15, 0.2) is 16.8 Å². The molecule has 24 heavy (non-hydrogen) atoms. The number of nitrogens with zero attached hydrogens (tertiary/aromatic N) is 2. The Morgan fingerprint density at radius 3 is 2.88 bits per heavy atom. The van der Waals surface area contributed by atoms with Gasteiger partial charge in [-0.15, -0.1) is 0 Å². The first kappa shape index (κ1) is 18.2. The quantitative estimate of drug-likeness (QED) is 0.645. The molecule has 0 bridgehead atoms. The SMILES string of the molecule is CCCCOC(=O)Nc1ncc(/C=C/c2ncc(CCCC)o2)s1. The standard InChI is InChI=1S/C17H23N3O3S/c1-3-5-7-13-11-18-15(23-13)9-8-14-12-19-16(24-14)20-17(21)22-10-6-4-2/h8-9,11-12H,3-7,10H2,1-2H3,(H,19,20,21)/b9-8+. The molecular weight excluding hydrogens is 326 g/mol. The maximum absolute atomic E-state index is 11.6. The molecule has 0 aliphatic heterocycles. The zero-order chi connectivity index (χ0) is 17.2. The van der Waals surface area contributed by atoms with E-state index in [9.17, 15) is 4.79 Å². The molecule has 7 heteroatoms. The van der Waals surface area contributed by atoms with E-state index >= 15 is 0 Å². The number of carbonyl (C=O) groups excluding carboxylic acids is 1. The lowest BCUT2D eigenvalue weighted by Crippen LogP contribution is -2.13. The number of rotatable bonds is 9. The Labute approximate surface area is 146 Å². The minimum atomic E-state index is -0.471. The first-order valence-corrected chi connectivity index (χ1v) is 9.05. The Morgan fingerprint density at radius 1 is 1.25 bits per heavy atom. The number of anilines is 1. The van der Waals surface area contributed by atoms with Crippen LogP contribution in [0, 0.1) is 0 Å². The van der Waals surface area contributed by atoms with Gasteiger partial charge in [0, 0.05) is 23.6 Å². The van der Waals surface area contributed by atoms with E-state index in [4.69, 9.17) is 9.15 Å². The maximum Gasteiger partial charge on any atom is 0.413 e. The van der Waals surface area contributed by atoms with Crippen LogP contribution in [0.25, 0.3) is 12.2 Å². The average Bonchev–Trinajstić information content (AvgIpc) is 3.20. The number of hydrogen-bond donors (Lipinski definition) is 1. The van der Waals surface area contributed by atoms with Gasteiger partial charge in [0.2, 0.25) is 5.89 Å². The summed E-state index contributed by atoms with van der Waals surface area (Å²) in [6.45, 7) is 4.61. The molecule has 1 amide bonds. The first-order valence-electron chi connectivity index (χ1n) is 8.23. The van der Waals surface area contributed by atoms with Gasteiger partial charge in [-0.3, -0.25) is 5.32 Å². The van der Waals surface area contributed by atoms with Crippen LogP contribution >= 0.6 is 11.3 Å². The summed E-state index contributed by atoms with van der Waals surface area (Å²) in [6, 6.07) is 0. The van der Waals surface area contributed by atoms with Gasteiger partial charge in [0.05, 0.1) is 12.8 Å². The largest absolute Gasteiger partial charge is 0.449 e. The molecule has 0 radical (unpaired) electrons. The van der Waals surface area contributed by atoms with Crippen LogP contribution in [0.5, 0.6) is 0 Å². The van der Waals surface area contributed by atoms with Crippen LogP contribution in [0.2, 0.25) is 0 Å². The molecule has 2 rings (SSSR count). The number of ether oxygens (including phenoxy) is 1. The molecular formula is C17H23N3O3S. The third-order valence-electron chi connectivity index (χ3n) is 3.20. The van der Waals surface area contributed by atoms with Crippen molar-refractivity contribution in [2.45, 2.75) is 46.0 Å². The number of thiazole rings is 1. The lowest BCUT2D eigenvalue weighted by atomic mass is 10.2. The Morgan fingerprint density at radius 2 is 2.08 bits per heavy atom. The minimum absolute atomic E-state index is 0.422. The molecule has 0 saturated carbocycles. The van der Waals surface area contributed by atoms with E-state index in [1.54, 1.807) is 18.5 Å². The number of carbonyl (C=O) groups is 1. The lowest BCUT2D eigenvalue weighted by molar-refractivity contribution is 0.160. The summed E-state index contributed by atoms with van der Waals surface area (Å²) < 4.78 is 10.7. The lowest BCUT2D eigenvalue weighted by Gasteiger charge is -2.02. The fourth-order valence-corrected chi connectivity index (χ4v) is 2.58. The monoisotopic (exact) mass is 349 g/mol. The fourth-order valence-electron chi connectivity index (χ4n) is 1.87. The summed E-state index contributed by atoms with van der Waals surface area (Å²) >= 11 is 1.36. The molecule has 6 nitrogen and oxygen atoms in total. The predicted molar refractivity (Wildman–Crippen MR) is 96.0 cm³/mol. The highest BCUT2D eigenvalue weighted by molar-refractivity contribution is 7.16. The van der Waals surface area contributed by atoms with Gasteiger partial charge in [-0.25, -0.2) is 14.8 Å². The van der Waals surface area contributed by atoms with Crippen LogP contribution in [0.1, 0.15) is 56.1 Å². The van der Waals surface area contributed by atoms with Crippen LogP contribution in [-0.4, -0.2) is 22.7 Å². The van der Waals surface area contributed by atoms with Crippen LogP contribution in [0.4, 0.5) is 9.93 Å². The second kappa shape index (κ2) is 9.87. The molecule has 0 fully saturated rings. The minimum Gasteiger partial charge on any atom is -0.449 e. The Balaban J connectivity index is 1.84. The highest BCUT2D eigenvalue weighted by Gasteiger charge is 2.06. The molecule has 0 aromatic carbocycles. The van der Waals surface area contributed by atoms with Crippen molar-refractivity contribution >= 4 is 34.7 Å². The number of amides is 1. The van der Waals surface area contributed by atoms with Gasteiger partial charge in [-0.05, 0) is 18.9 Å². The molecule has 0 aliphatic rings. The molecule has 130 valence electrons. The highest BCUT2D eigenvalue weighted by Crippen LogP contribution is 2.21. The van der Waals surface area contributed by atoms with Gasteiger partial charge >= 0.3 is 6.09 Å². The van der Waals surface area contributed by atoms with Crippen molar-refractivity contribution in [3.63, 3.8) is 0 Å². The number of nitrogens with one attached hydrogen (secondary N) is 1. The van der Waals surface area contributed by atoms with Gasteiger partial charge < -0.3 is 9.15 Å². The van der Waals surface area contributed by atoms with E-state index in [-0.39, 0.29) is 0 Å². The van der Waals surface area contributed by atoms with Crippen molar-refractivity contribution in [2.75, 3.05) is 11.9 Å². The average molecular weight is 349 g/mol. The predicted octanol–water partition coefficient (Wildman–Crippen LogP) is 4.99. The molecule has 2 heterocycles. The van der Waals surface area contributed by atoms with Gasteiger partial charge in [0.15, 0.2) is 5.13 Å². The van der Waals surface area contributed by atoms with E-state index in [0.717, 1.165) is 42.7 Å². The molecule has 0 saturated heterocycles. The summed E-state index contributed by atoms with van der Waals surface area (Å²) in [7, 11) is 0. The smallest absolute Gasteiger partial charge is 0.413 e. The van der Waals surface area contributed by atoms with Crippen molar-refractivity contribution in [2.24, 2.45) is 0 Å². The van der Waals surface area contributed by atoms with Crippen LogP contribution in [-0.2, 0) is 11.2 Å². The van der Waals surface area contributed by atoms with E-state index < -0.39 is 6.09 Å². The number of oxazole rings is 1. The molecule has 0 aliphatic carbocycles. The summed E-state index contributed by atoms with van der Waals surface area (Å²) in [4.78, 5) is 20.8. The number of unbranched alkanes of at least 4 members (excludes halogenated alkanes) is 2. The van der Waals surface area contributed by atoms with Gasteiger partial charge in [0.1, 0.15) is 5.76 Å². The van der Waals surface area contributed by atoms with Crippen molar-refractivity contribution in [3.8, 4) is 0 Å². The zero-order valence-electron chi connectivity index (χ0n) is 14.1. The molecule has 0 unspecified atom stereocenters. The Bertz CT molecular complexity index is 664. The number of hydrogen-bond acceptors (Lipinski definition) is 6. The van der Waals surface area contributed by atoms with E-state index in [0.29, 0.717) is 17.6 Å². The molecule has 2 aromatic rings. The summed E-state index contributed by atoms with van der Waals surface area (Å²) in [5.41, 5.74) is 0. The molecule has 0 atom stereocenters. The Hall–Kier alpha value is -2.15. The third kappa shape index (κ3) is 6.16. The maximum atomic E-state index is 11.6. The second-order valence-corrected chi connectivity index (χ2v) is 6.35. The van der Waals surface area contributed by atoms with Crippen LogP contribution in [0.3, 0.4) is 0 Å². The first-order chi connectivity index (χ1) is 11.7. The highest BCUT2D eigenvalue weighted by atomic mass is 32.1. The third-order valence-corrected chi connectivity index (χ3v) is 4.08. The topological polar surface area (TPSA) is 77.2 Å². The van der Waals surface area contributed by atoms with Crippen molar-refractivity contribution < 1.29 is 13.9 Å². The van der Waals surface area contributed by atoms with E-state index in [1.165, 1.54) is 11.3 Å². The molecule has 1 N–H and O–H groups in total. The van der Waals surface area contributed by atoms with Crippen molar-refractivity contribution in [1.29, 1.82) is 0 Å². The summed E-state index contributed by atoms with van der Waals surface area (Å²) in [5.74, 6) is 1.47. The van der Waals surface area contributed by atoms with Gasteiger partial charge in [-0.1, -0.05) is 38.0 Å². The molecule has 0 spiro atoms. The van der Waals surface area contributed by atoms with Crippen LogP contribution < -0.4 is 5.32 Å². The second-order valence-electron chi connectivity index (χ2n) is 5.28. The van der Waals surface area contributed by atoms with E-state index in [2.05, 4.69) is 22.2 Å². The summed E-state index contributed by atoms with van der Waals surface area (Å²) in [6.07, 6.45) is 11.6. The Kier molecular flexibility index (Phi) is 7.48. The van der Waals surface area contributed by atoms with Gasteiger partial charge in [0.25, 0.3) is 0 Å². The molecule has 2 aromatic heterocycles. The van der Waals surface area contributed by atoms with Crippen molar-refractivity contribution in [3.05, 3.63) is 28.9 Å². The van der Waals surface area contributed by atoms with Gasteiger partial charge in [-0.2, -0.15) is 0 Å². The number of aromatic nitrogens is 2. The van der Waals surface area contributed by atoms with Crippen molar-refractivity contribution in [1.82, 2.24) is 9.97 Å². The number of aryl methyl sites for hydroxylation is 1. The summed E-state index contributed by atoms with van der Waals surface area (Å²) in [5, 5.41) is 3.13. The normalized spacial score (nSPS) is 11.1. The fraction of sp³-hybridized carbons (Fsp3) is 0.471. The van der Waals surface area contributed by atoms with E-state index in [1.807, 2.05) is 13.0 Å².